The van der Waals surface area contributed by atoms with Crippen LogP contribution in [0.3, 0.4) is 0 Å². The molecule has 0 spiro atoms. The normalized spacial score (nSPS) is 18.7. The topological polar surface area (TPSA) is 45.2 Å². The molecule has 1 aliphatic heterocycles. The molecule has 3 rings (SSSR count). The van der Waals surface area contributed by atoms with Gasteiger partial charge in [0.15, 0.2) is 0 Å². The number of aromatic nitrogens is 1. The van der Waals surface area contributed by atoms with Crippen LogP contribution in [0.25, 0.3) is 0 Å². The van der Waals surface area contributed by atoms with E-state index in [0.717, 1.165) is 11.8 Å². The number of nitrogens with zero attached hydrogens (tertiary/aromatic N) is 2. The van der Waals surface area contributed by atoms with E-state index in [2.05, 4.69) is 10.3 Å². The lowest BCUT2D eigenvalue weighted by Crippen LogP contribution is -2.38. The first-order valence-corrected chi connectivity index (χ1v) is 7.99. The molecule has 1 aromatic carbocycles. The van der Waals surface area contributed by atoms with Gasteiger partial charge < -0.3 is 10.2 Å². The predicted octanol–water partition coefficient (Wildman–Crippen LogP) is 3.06. The molecule has 8 heteroatoms. The molecule has 1 saturated heterocycles. The van der Waals surface area contributed by atoms with Crippen LogP contribution in [0.5, 0.6) is 0 Å². The van der Waals surface area contributed by atoms with Crippen molar-refractivity contribution in [3.05, 3.63) is 46.4 Å². The summed E-state index contributed by atoms with van der Waals surface area (Å²) in [4.78, 5) is 17.7. The van der Waals surface area contributed by atoms with Crippen LogP contribution in [0.4, 0.5) is 18.9 Å². The summed E-state index contributed by atoms with van der Waals surface area (Å²) in [5.41, 5.74) is 1.65. The first-order chi connectivity index (χ1) is 11.0. The van der Waals surface area contributed by atoms with Gasteiger partial charge in [0.05, 0.1) is 28.5 Å². The van der Waals surface area contributed by atoms with Crippen molar-refractivity contribution < 1.29 is 18.0 Å². The zero-order valence-electron chi connectivity index (χ0n) is 12.0. The summed E-state index contributed by atoms with van der Waals surface area (Å²) in [6.45, 7) is 0.690. The Labute approximate surface area is 135 Å². The van der Waals surface area contributed by atoms with E-state index in [-0.39, 0.29) is 18.1 Å². The third-order valence-electron chi connectivity index (χ3n) is 3.72. The van der Waals surface area contributed by atoms with Crippen molar-refractivity contribution in [2.45, 2.75) is 25.2 Å². The predicted molar refractivity (Wildman–Crippen MR) is 81.2 cm³/mol. The molecule has 1 fully saturated rings. The van der Waals surface area contributed by atoms with Gasteiger partial charge in [-0.25, -0.2) is 4.98 Å². The summed E-state index contributed by atoms with van der Waals surface area (Å²) >= 11 is 1.45. The Morgan fingerprint density at radius 3 is 2.83 bits per heavy atom. The molecular formula is C15H14F3N3OS. The maximum atomic E-state index is 13.1. The van der Waals surface area contributed by atoms with Gasteiger partial charge in [0.2, 0.25) is 5.91 Å². The van der Waals surface area contributed by atoms with E-state index in [4.69, 9.17) is 0 Å². The number of carbonyl (C=O) groups is 1. The number of carbonyl (C=O) groups excluding carboxylic acids is 1. The molecule has 1 aromatic heterocycles. The highest BCUT2D eigenvalue weighted by Gasteiger charge is 2.39. The van der Waals surface area contributed by atoms with Crippen molar-refractivity contribution in [2.75, 3.05) is 11.4 Å². The second kappa shape index (κ2) is 6.29. The van der Waals surface area contributed by atoms with Gasteiger partial charge in [0.1, 0.15) is 0 Å². The van der Waals surface area contributed by atoms with Crippen LogP contribution in [-0.4, -0.2) is 23.5 Å². The summed E-state index contributed by atoms with van der Waals surface area (Å²) < 4.78 is 39.3. The van der Waals surface area contributed by atoms with E-state index in [1.54, 1.807) is 5.51 Å². The van der Waals surface area contributed by atoms with Gasteiger partial charge in [-0.05, 0) is 18.6 Å². The van der Waals surface area contributed by atoms with E-state index in [9.17, 15) is 18.0 Å². The average Bonchev–Trinajstić information content (AvgIpc) is 3.14. The minimum Gasteiger partial charge on any atom is -0.310 e. The SMILES string of the molecule is O=C1[C@H](NCc2cscn2)CCN1c1ccccc1C(F)(F)F. The molecule has 2 aromatic rings. The molecule has 0 aliphatic carbocycles. The summed E-state index contributed by atoms with van der Waals surface area (Å²) in [5, 5.41) is 4.93. The lowest BCUT2D eigenvalue weighted by atomic mass is 10.1. The molecule has 0 unspecified atom stereocenters. The molecule has 0 saturated carbocycles. The summed E-state index contributed by atoms with van der Waals surface area (Å²) in [6.07, 6.45) is -4.02. The second-order valence-corrected chi connectivity index (χ2v) is 5.93. The number of para-hydroxylation sites is 1. The van der Waals surface area contributed by atoms with Crippen molar-refractivity contribution in [1.29, 1.82) is 0 Å². The van der Waals surface area contributed by atoms with Gasteiger partial charge in [0.25, 0.3) is 0 Å². The van der Waals surface area contributed by atoms with E-state index < -0.39 is 17.8 Å². The lowest BCUT2D eigenvalue weighted by Gasteiger charge is -2.21. The van der Waals surface area contributed by atoms with Gasteiger partial charge in [-0.2, -0.15) is 13.2 Å². The molecule has 1 aliphatic rings. The Balaban J connectivity index is 1.74. The molecule has 4 nitrogen and oxygen atoms in total. The Hall–Kier alpha value is -1.93. The first-order valence-electron chi connectivity index (χ1n) is 7.05. The van der Waals surface area contributed by atoms with E-state index in [1.807, 2.05) is 5.38 Å². The third kappa shape index (κ3) is 3.37. The number of thiazole rings is 1. The number of rotatable bonds is 4. The average molecular weight is 341 g/mol. The standard InChI is InChI=1S/C15H14F3N3OS/c16-15(17,18)11-3-1-2-4-13(11)21-6-5-12(14(21)22)19-7-10-8-23-9-20-10/h1-4,8-9,12,19H,5-7H2/t12-/m1/s1. The maximum Gasteiger partial charge on any atom is 0.418 e. The van der Waals surface area contributed by atoms with E-state index >= 15 is 0 Å². The largest absolute Gasteiger partial charge is 0.418 e. The Kier molecular flexibility index (Phi) is 4.36. The molecule has 2 heterocycles. The molecule has 0 bridgehead atoms. The number of alkyl halides is 3. The van der Waals surface area contributed by atoms with Gasteiger partial charge in [-0.15, -0.1) is 11.3 Å². The zero-order valence-corrected chi connectivity index (χ0v) is 12.8. The third-order valence-corrected chi connectivity index (χ3v) is 4.35. The van der Waals surface area contributed by atoms with E-state index in [0.29, 0.717) is 13.0 Å². The van der Waals surface area contributed by atoms with Crippen molar-refractivity contribution in [3.63, 3.8) is 0 Å². The summed E-state index contributed by atoms with van der Waals surface area (Å²) in [7, 11) is 0. The fourth-order valence-corrected chi connectivity index (χ4v) is 3.17. The molecule has 1 amide bonds. The Morgan fingerprint density at radius 1 is 1.35 bits per heavy atom. The quantitative estimate of drug-likeness (QED) is 0.930. The van der Waals surface area contributed by atoms with Crippen molar-refractivity contribution in [2.24, 2.45) is 0 Å². The number of hydrogen-bond acceptors (Lipinski definition) is 4. The number of amides is 1. The fourth-order valence-electron chi connectivity index (χ4n) is 2.61. The minimum absolute atomic E-state index is 0.0806. The van der Waals surface area contributed by atoms with Crippen LogP contribution in [0.15, 0.2) is 35.2 Å². The Bertz CT molecular complexity index is 688. The molecule has 0 radical (unpaired) electrons. The van der Waals surface area contributed by atoms with Gasteiger partial charge in [-0.1, -0.05) is 12.1 Å². The number of halogens is 3. The number of benzene rings is 1. The van der Waals surface area contributed by atoms with Crippen LogP contribution >= 0.6 is 11.3 Å². The molecule has 1 atom stereocenters. The summed E-state index contributed by atoms with van der Waals surface area (Å²) in [6, 6.07) is 4.68. The summed E-state index contributed by atoms with van der Waals surface area (Å²) in [5.74, 6) is -0.336. The zero-order chi connectivity index (χ0) is 16.4. The fraction of sp³-hybridized carbons (Fsp3) is 0.333. The van der Waals surface area contributed by atoms with Crippen LogP contribution in [-0.2, 0) is 17.5 Å². The van der Waals surface area contributed by atoms with Crippen molar-refractivity contribution in [3.8, 4) is 0 Å². The van der Waals surface area contributed by atoms with Gasteiger partial charge in [-0.3, -0.25) is 4.79 Å². The number of anilines is 1. The molecule has 122 valence electrons. The minimum atomic E-state index is -4.48. The van der Waals surface area contributed by atoms with Gasteiger partial charge in [0, 0.05) is 18.5 Å². The number of nitrogens with one attached hydrogen (secondary N) is 1. The lowest BCUT2D eigenvalue weighted by molar-refractivity contribution is -0.137. The molecule has 1 N–H and O–H groups in total. The monoisotopic (exact) mass is 341 g/mol. The number of hydrogen-bond donors (Lipinski definition) is 1. The highest BCUT2D eigenvalue weighted by molar-refractivity contribution is 7.07. The maximum absolute atomic E-state index is 13.1. The Morgan fingerprint density at radius 2 is 2.13 bits per heavy atom. The van der Waals surface area contributed by atoms with Crippen LogP contribution in [0.2, 0.25) is 0 Å². The molecular weight excluding hydrogens is 327 g/mol. The van der Waals surface area contributed by atoms with Gasteiger partial charge >= 0.3 is 6.18 Å². The molecule has 23 heavy (non-hydrogen) atoms. The van der Waals surface area contributed by atoms with Crippen LogP contribution in [0.1, 0.15) is 17.7 Å². The van der Waals surface area contributed by atoms with Crippen molar-refractivity contribution in [1.82, 2.24) is 10.3 Å². The van der Waals surface area contributed by atoms with E-state index in [1.165, 1.54) is 34.4 Å². The smallest absolute Gasteiger partial charge is 0.310 e. The van der Waals surface area contributed by atoms with Crippen molar-refractivity contribution >= 4 is 22.9 Å². The van der Waals surface area contributed by atoms with Crippen LogP contribution in [0, 0.1) is 0 Å². The van der Waals surface area contributed by atoms with Crippen LogP contribution < -0.4 is 10.2 Å². The highest BCUT2D eigenvalue weighted by atomic mass is 32.1. The second-order valence-electron chi connectivity index (χ2n) is 5.21. The first kappa shape index (κ1) is 15.9. The highest BCUT2D eigenvalue weighted by Crippen LogP contribution is 2.37.